The molecular weight excluding hydrogens is 447 g/mol. The fraction of sp³-hybridized carbons (Fsp3) is 0.393. The maximum absolute atomic E-state index is 13.9. The summed E-state index contributed by atoms with van der Waals surface area (Å²) in [5, 5.41) is 2.93. The van der Waals surface area contributed by atoms with Crippen LogP contribution in [-0.2, 0) is 7.05 Å². The van der Waals surface area contributed by atoms with Gasteiger partial charge in [0.2, 0.25) is 0 Å². The van der Waals surface area contributed by atoms with E-state index >= 15 is 0 Å². The maximum atomic E-state index is 13.9. The summed E-state index contributed by atoms with van der Waals surface area (Å²) in [5.41, 5.74) is 4.42. The van der Waals surface area contributed by atoms with E-state index in [1.165, 1.54) is 31.2 Å². The second kappa shape index (κ2) is 8.86. The first-order valence-electron chi connectivity index (χ1n) is 12.3. The number of aromatic nitrogens is 2. The van der Waals surface area contributed by atoms with E-state index < -0.39 is 0 Å². The molecule has 6 heteroatoms. The van der Waals surface area contributed by atoms with Gasteiger partial charge in [-0.15, -0.1) is 0 Å². The van der Waals surface area contributed by atoms with Gasteiger partial charge >= 0.3 is 0 Å². The van der Waals surface area contributed by atoms with Gasteiger partial charge in [0.05, 0.1) is 16.2 Å². The lowest BCUT2D eigenvalue weighted by Gasteiger charge is -2.43. The van der Waals surface area contributed by atoms with Crippen molar-refractivity contribution in [1.82, 2.24) is 14.5 Å². The van der Waals surface area contributed by atoms with E-state index in [9.17, 15) is 4.39 Å². The van der Waals surface area contributed by atoms with Gasteiger partial charge in [0, 0.05) is 68.0 Å². The lowest BCUT2D eigenvalue weighted by atomic mass is 9.81. The van der Waals surface area contributed by atoms with Crippen LogP contribution in [0, 0.1) is 5.82 Å². The Bertz CT molecular complexity index is 1330. The van der Waals surface area contributed by atoms with Crippen LogP contribution in [0.25, 0.3) is 21.8 Å². The van der Waals surface area contributed by atoms with E-state index in [2.05, 4.69) is 50.8 Å². The number of rotatable bonds is 3. The molecule has 6 rings (SSSR count). The van der Waals surface area contributed by atoms with E-state index in [0.717, 1.165) is 58.7 Å². The van der Waals surface area contributed by atoms with Gasteiger partial charge in [0.15, 0.2) is 0 Å². The molecule has 1 aliphatic heterocycles. The van der Waals surface area contributed by atoms with Gasteiger partial charge < -0.3 is 9.47 Å². The predicted octanol–water partition coefficient (Wildman–Crippen LogP) is 6.37. The molecule has 0 atom stereocenters. The summed E-state index contributed by atoms with van der Waals surface area (Å²) in [6, 6.07) is 14.1. The van der Waals surface area contributed by atoms with Gasteiger partial charge in [-0.2, -0.15) is 0 Å². The second-order valence-electron chi connectivity index (χ2n) is 9.86. The normalized spacial score (nSPS) is 22.0. The van der Waals surface area contributed by atoms with Crippen molar-refractivity contribution in [2.75, 3.05) is 31.1 Å². The first kappa shape index (κ1) is 21.9. The minimum absolute atomic E-state index is 0.145. The highest BCUT2D eigenvalue weighted by Gasteiger charge is 2.30. The summed E-state index contributed by atoms with van der Waals surface area (Å²) >= 11 is 6.74. The number of nitrogens with zero attached hydrogens (tertiary/aromatic N) is 4. The Kier molecular flexibility index (Phi) is 5.70. The molecule has 34 heavy (non-hydrogen) atoms. The van der Waals surface area contributed by atoms with Crippen molar-refractivity contribution in [3.8, 4) is 0 Å². The van der Waals surface area contributed by atoms with E-state index in [-0.39, 0.29) is 5.82 Å². The fourth-order valence-corrected chi connectivity index (χ4v) is 6.48. The van der Waals surface area contributed by atoms with Crippen molar-refractivity contribution in [1.29, 1.82) is 0 Å². The largest absolute Gasteiger partial charge is 0.368 e. The highest BCUT2D eigenvalue weighted by molar-refractivity contribution is 6.37. The molecule has 176 valence electrons. The average molecular weight is 477 g/mol. The van der Waals surface area contributed by atoms with Crippen LogP contribution in [0.1, 0.15) is 37.2 Å². The molecule has 2 aromatic heterocycles. The highest BCUT2D eigenvalue weighted by atomic mass is 35.5. The van der Waals surface area contributed by atoms with Crippen LogP contribution in [0.2, 0.25) is 5.02 Å². The number of fused-ring (bicyclic) bond motifs is 2. The Morgan fingerprint density at radius 2 is 1.76 bits per heavy atom. The second-order valence-corrected chi connectivity index (χ2v) is 10.2. The number of pyridine rings is 1. The van der Waals surface area contributed by atoms with E-state index in [1.807, 2.05) is 12.1 Å². The molecule has 0 spiro atoms. The van der Waals surface area contributed by atoms with Crippen molar-refractivity contribution in [3.05, 3.63) is 71.3 Å². The molecule has 2 aliphatic rings. The minimum Gasteiger partial charge on any atom is -0.368 e. The molecule has 0 unspecified atom stereocenters. The third-order valence-electron chi connectivity index (χ3n) is 7.98. The monoisotopic (exact) mass is 476 g/mol. The van der Waals surface area contributed by atoms with Crippen molar-refractivity contribution in [2.45, 2.75) is 37.6 Å². The van der Waals surface area contributed by atoms with Crippen molar-refractivity contribution >= 4 is 39.1 Å². The molecule has 2 fully saturated rings. The zero-order valence-corrected chi connectivity index (χ0v) is 20.3. The Morgan fingerprint density at radius 1 is 0.971 bits per heavy atom. The molecule has 4 aromatic rings. The molecule has 0 radical (unpaired) electrons. The zero-order chi connectivity index (χ0) is 23.2. The van der Waals surface area contributed by atoms with E-state index in [0.29, 0.717) is 12.0 Å². The number of benzene rings is 2. The van der Waals surface area contributed by atoms with Crippen LogP contribution in [0.15, 0.2) is 54.9 Å². The maximum Gasteiger partial charge on any atom is 0.123 e. The Morgan fingerprint density at radius 3 is 2.56 bits per heavy atom. The number of piperazine rings is 1. The minimum atomic E-state index is -0.145. The van der Waals surface area contributed by atoms with Gasteiger partial charge in [0.1, 0.15) is 5.82 Å². The summed E-state index contributed by atoms with van der Waals surface area (Å²) in [7, 11) is 2.06. The summed E-state index contributed by atoms with van der Waals surface area (Å²) in [6.07, 6.45) is 8.77. The van der Waals surface area contributed by atoms with Crippen LogP contribution < -0.4 is 4.90 Å². The average Bonchev–Trinajstić information content (AvgIpc) is 3.20. The van der Waals surface area contributed by atoms with Crippen LogP contribution in [0.3, 0.4) is 0 Å². The fourth-order valence-electron chi connectivity index (χ4n) is 6.14. The lowest BCUT2D eigenvalue weighted by Crippen LogP contribution is -2.51. The number of aryl methyl sites for hydroxylation is 1. The Balaban J connectivity index is 1.10. The zero-order valence-electron chi connectivity index (χ0n) is 19.6. The topological polar surface area (TPSA) is 24.3 Å². The van der Waals surface area contributed by atoms with Crippen LogP contribution in [0.4, 0.5) is 10.1 Å². The molecule has 2 aromatic carbocycles. The summed E-state index contributed by atoms with van der Waals surface area (Å²) in [6.45, 7) is 4.10. The van der Waals surface area contributed by atoms with Gasteiger partial charge in [-0.3, -0.25) is 9.88 Å². The standard InChI is InChI=1S/C28H30ClFN4/c1-32-18-24(23-17-21(30)7-11-25(23)32)19-4-8-22(9-5-19)33-13-15-34(16-14-33)26-10-6-20-3-2-12-31-28(20)27(26)29/h2-3,6-7,10-12,17-19,22H,4-5,8-9,13-16H2,1H3. The smallest absolute Gasteiger partial charge is 0.123 e. The van der Waals surface area contributed by atoms with Crippen molar-refractivity contribution in [3.63, 3.8) is 0 Å². The third kappa shape index (κ3) is 3.85. The molecular formula is C28H30ClFN4. The molecule has 1 aliphatic carbocycles. The highest BCUT2D eigenvalue weighted by Crippen LogP contribution is 2.39. The van der Waals surface area contributed by atoms with E-state index in [1.54, 1.807) is 18.3 Å². The third-order valence-corrected chi connectivity index (χ3v) is 8.36. The van der Waals surface area contributed by atoms with Crippen LogP contribution in [-0.4, -0.2) is 46.7 Å². The SMILES string of the molecule is Cn1cc(C2CCC(N3CCN(c4ccc5cccnc5c4Cl)CC3)CC2)c2cc(F)ccc21. The number of halogens is 2. The van der Waals surface area contributed by atoms with Crippen LogP contribution in [0.5, 0.6) is 0 Å². The van der Waals surface area contributed by atoms with Crippen molar-refractivity contribution in [2.24, 2.45) is 7.05 Å². The molecule has 1 saturated heterocycles. The lowest BCUT2D eigenvalue weighted by molar-refractivity contribution is 0.141. The van der Waals surface area contributed by atoms with Gasteiger partial charge in [-0.05, 0) is 67.5 Å². The van der Waals surface area contributed by atoms with Gasteiger partial charge in [-0.1, -0.05) is 23.7 Å². The summed E-state index contributed by atoms with van der Waals surface area (Å²) in [5.74, 6) is 0.376. The Labute approximate surface area is 204 Å². The van der Waals surface area contributed by atoms with E-state index in [4.69, 9.17) is 11.6 Å². The summed E-state index contributed by atoms with van der Waals surface area (Å²) in [4.78, 5) is 9.57. The van der Waals surface area contributed by atoms with Crippen molar-refractivity contribution < 1.29 is 4.39 Å². The number of hydrogen-bond acceptors (Lipinski definition) is 3. The predicted molar refractivity (Wildman–Crippen MR) is 138 cm³/mol. The van der Waals surface area contributed by atoms with Gasteiger partial charge in [0.25, 0.3) is 0 Å². The molecule has 0 bridgehead atoms. The molecule has 1 saturated carbocycles. The molecule has 3 heterocycles. The summed E-state index contributed by atoms with van der Waals surface area (Å²) < 4.78 is 16.1. The van der Waals surface area contributed by atoms with Crippen LogP contribution >= 0.6 is 11.6 Å². The first-order valence-corrected chi connectivity index (χ1v) is 12.7. The molecule has 0 N–H and O–H groups in total. The number of hydrogen-bond donors (Lipinski definition) is 0. The number of anilines is 1. The Hall–Kier alpha value is -2.63. The quantitative estimate of drug-likeness (QED) is 0.343. The molecule has 4 nitrogen and oxygen atoms in total. The van der Waals surface area contributed by atoms with Gasteiger partial charge in [-0.25, -0.2) is 4.39 Å². The first-order chi connectivity index (χ1) is 16.6. The molecule has 0 amide bonds.